The van der Waals surface area contributed by atoms with Gasteiger partial charge in [-0.1, -0.05) is 97.1 Å². The van der Waals surface area contributed by atoms with Gasteiger partial charge in [-0.15, -0.1) is 0 Å². The summed E-state index contributed by atoms with van der Waals surface area (Å²) in [5.74, 6) is -4.70. The van der Waals surface area contributed by atoms with Crippen LogP contribution in [-0.4, -0.2) is 39.7 Å². The van der Waals surface area contributed by atoms with E-state index in [1.807, 2.05) is 84.9 Å². The summed E-state index contributed by atoms with van der Waals surface area (Å²) in [7, 11) is 0. The van der Waals surface area contributed by atoms with Crippen LogP contribution in [0, 0.1) is 0 Å². The van der Waals surface area contributed by atoms with E-state index in [1.165, 1.54) is 36.4 Å². The SMILES string of the molecule is O=C(c1ccc(C(=O)O)c(C(=O)NCc2cccc3ccccc23)c1)c1ccc(C(=O)O)c(C(=O)NCc2cccc3ccccc23)c1. The highest BCUT2D eigenvalue weighted by Gasteiger charge is 2.23. The molecule has 0 aliphatic rings. The lowest BCUT2D eigenvalue weighted by atomic mass is 9.95. The lowest BCUT2D eigenvalue weighted by molar-refractivity contribution is 0.0682. The van der Waals surface area contributed by atoms with Gasteiger partial charge in [0.2, 0.25) is 0 Å². The Labute approximate surface area is 274 Å². The summed E-state index contributed by atoms with van der Waals surface area (Å²) in [5, 5.41) is 28.9. The molecule has 236 valence electrons. The summed E-state index contributed by atoms with van der Waals surface area (Å²) in [4.78, 5) is 64.3. The maximum Gasteiger partial charge on any atom is 0.336 e. The van der Waals surface area contributed by atoms with E-state index in [0.29, 0.717) is 0 Å². The monoisotopic (exact) mass is 636 g/mol. The van der Waals surface area contributed by atoms with Crippen molar-refractivity contribution in [2.75, 3.05) is 0 Å². The van der Waals surface area contributed by atoms with E-state index >= 15 is 0 Å². The summed E-state index contributed by atoms with van der Waals surface area (Å²) < 4.78 is 0. The highest BCUT2D eigenvalue weighted by Crippen LogP contribution is 2.22. The summed E-state index contributed by atoms with van der Waals surface area (Å²) in [5.41, 5.74) is 0.604. The van der Waals surface area contributed by atoms with Crippen LogP contribution >= 0.6 is 0 Å². The van der Waals surface area contributed by atoms with Gasteiger partial charge in [0.1, 0.15) is 0 Å². The Kier molecular flexibility index (Phi) is 8.76. The standard InChI is InChI=1S/C39H28N2O7/c42-35(25-15-17-31(38(45)46)33(19-25)36(43)40-21-27-11-5-9-23-7-1-3-13-29(23)27)26-16-18-32(39(47)48)34(20-26)37(44)41-22-28-12-6-10-24-8-2-4-14-30(24)28/h1-20H,21-22H2,(H,40,43)(H,41,44)(H,45,46)(H,47,48). The van der Waals surface area contributed by atoms with Crippen molar-refractivity contribution in [3.63, 3.8) is 0 Å². The Morgan fingerprint density at radius 1 is 0.458 bits per heavy atom. The van der Waals surface area contributed by atoms with Crippen molar-refractivity contribution in [3.05, 3.63) is 166 Å². The molecule has 6 aromatic rings. The Morgan fingerprint density at radius 3 is 1.27 bits per heavy atom. The van der Waals surface area contributed by atoms with Crippen LogP contribution in [-0.2, 0) is 13.1 Å². The largest absolute Gasteiger partial charge is 0.478 e. The van der Waals surface area contributed by atoms with Crippen LogP contribution in [0.3, 0.4) is 0 Å². The van der Waals surface area contributed by atoms with Crippen molar-refractivity contribution in [1.82, 2.24) is 10.6 Å². The summed E-state index contributed by atoms with van der Waals surface area (Å²) >= 11 is 0. The zero-order valence-corrected chi connectivity index (χ0v) is 25.4. The molecule has 4 N–H and O–H groups in total. The summed E-state index contributed by atoms with van der Waals surface area (Å²) in [6.07, 6.45) is 0. The molecule has 48 heavy (non-hydrogen) atoms. The number of hydrogen-bond donors (Lipinski definition) is 4. The number of benzene rings is 6. The molecule has 9 heteroatoms. The van der Waals surface area contributed by atoms with Crippen molar-refractivity contribution < 1.29 is 34.2 Å². The molecule has 0 aromatic heterocycles. The molecule has 2 amide bonds. The summed E-state index contributed by atoms with van der Waals surface area (Å²) in [6, 6.07) is 33.9. The van der Waals surface area contributed by atoms with Crippen molar-refractivity contribution in [2.45, 2.75) is 13.1 Å². The van der Waals surface area contributed by atoms with E-state index in [4.69, 9.17) is 0 Å². The Morgan fingerprint density at radius 2 is 0.854 bits per heavy atom. The number of ketones is 1. The van der Waals surface area contributed by atoms with Crippen molar-refractivity contribution in [3.8, 4) is 0 Å². The minimum absolute atomic E-state index is 0.0134. The molecule has 0 radical (unpaired) electrons. The molecule has 0 heterocycles. The summed E-state index contributed by atoms with van der Waals surface area (Å²) in [6.45, 7) is 0.233. The van der Waals surface area contributed by atoms with Crippen LogP contribution in [0.25, 0.3) is 21.5 Å². The number of carboxylic acids is 2. The number of amides is 2. The van der Waals surface area contributed by atoms with Gasteiger partial charge in [-0.2, -0.15) is 0 Å². The molecule has 6 aromatic carbocycles. The molecular weight excluding hydrogens is 608 g/mol. The van der Waals surface area contributed by atoms with Gasteiger partial charge in [-0.3, -0.25) is 14.4 Å². The zero-order valence-electron chi connectivity index (χ0n) is 25.4. The smallest absolute Gasteiger partial charge is 0.336 e. The molecule has 0 aliphatic heterocycles. The van der Waals surface area contributed by atoms with Gasteiger partial charge >= 0.3 is 11.9 Å². The minimum atomic E-state index is -1.35. The van der Waals surface area contributed by atoms with Crippen LogP contribution in [0.15, 0.2) is 121 Å². The first-order valence-corrected chi connectivity index (χ1v) is 15.0. The molecule has 6 rings (SSSR count). The van der Waals surface area contributed by atoms with E-state index in [2.05, 4.69) is 10.6 Å². The average molecular weight is 637 g/mol. The topological polar surface area (TPSA) is 150 Å². The zero-order chi connectivity index (χ0) is 33.8. The van der Waals surface area contributed by atoms with Crippen LogP contribution in [0.2, 0.25) is 0 Å². The van der Waals surface area contributed by atoms with Gasteiger partial charge in [-0.05, 0) is 56.9 Å². The maximum absolute atomic E-state index is 13.7. The number of carbonyl (C=O) groups is 5. The number of hydrogen-bond acceptors (Lipinski definition) is 5. The fraction of sp³-hybridized carbons (Fsp3) is 0.0513. The fourth-order valence-corrected chi connectivity index (χ4v) is 5.72. The van der Waals surface area contributed by atoms with Crippen molar-refractivity contribution >= 4 is 51.1 Å². The van der Waals surface area contributed by atoms with Gasteiger partial charge in [-0.25, -0.2) is 9.59 Å². The van der Waals surface area contributed by atoms with E-state index in [9.17, 15) is 34.2 Å². The molecule has 0 atom stereocenters. The second kappa shape index (κ2) is 13.4. The van der Waals surface area contributed by atoms with Gasteiger partial charge < -0.3 is 20.8 Å². The molecule has 0 saturated heterocycles. The molecule has 0 fully saturated rings. The minimum Gasteiger partial charge on any atom is -0.478 e. The molecule has 9 nitrogen and oxygen atoms in total. The van der Waals surface area contributed by atoms with Crippen molar-refractivity contribution in [2.24, 2.45) is 0 Å². The first kappa shape index (κ1) is 31.4. The molecule has 0 bridgehead atoms. The third-order valence-corrected chi connectivity index (χ3v) is 8.15. The lowest BCUT2D eigenvalue weighted by Crippen LogP contribution is -2.26. The van der Waals surface area contributed by atoms with E-state index in [-0.39, 0.29) is 46.5 Å². The number of carboxylic acid groups (broad SMARTS) is 2. The van der Waals surface area contributed by atoms with Gasteiger partial charge in [0.25, 0.3) is 11.8 Å². The number of carbonyl (C=O) groups excluding carboxylic acids is 3. The second-order valence-electron chi connectivity index (χ2n) is 11.1. The molecular formula is C39H28N2O7. The highest BCUT2D eigenvalue weighted by atomic mass is 16.4. The normalized spacial score (nSPS) is 10.8. The van der Waals surface area contributed by atoms with Crippen LogP contribution in [0.1, 0.15) is 68.5 Å². The van der Waals surface area contributed by atoms with Gasteiger partial charge in [0, 0.05) is 24.2 Å². The maximum atomic E-state index is 13.7. The lowest BCUT2D eigenvalue weighted by Gasteiger charge is -2.13. The van der Waals surface area contributed by atoms with Crippen LogP contribution in [0.4, 0.5) is 0 Å². The number of fused-ring (bicyclic) bond motifs is 2. The van der Waals surface area contributed by atoms with E-state index in [0.717, 1.165) is 32.7 Å². The van der Waals surface area contributed by atoms with Crippen LogP contribution < -0.4 is 10.6 Å². The quantitative estimate of drug-likeness (QED) is 0.126. The third kappa shape index (κ3) is 6.38. The molecule has 0 saturated carbocycles. The van der Waals surface area contributed by atoms with E-state index in [1.54, 1.807) is 0 Å². The van der Waals surface area contributed by atoms with Gasteiger partial charge in [0.15, 0.2) is 5.78 Å². The first-order valence-electron chi connectivity index (χ1n) is 15.0. The second-order valence-corrected chi connectivity index (χ2v) is 11.1. The average Bonchev–Trinajstić information content (AvgIpc) is 3.11. The number of rotatable bonds is 10. The van der Waals surface area contributed by atoms with Gasteiger partial charge in [0.05, 0.1) is 22.3 Å². The number of nitrogens with one attached hydrogen (secondary N) is 2. The number of aromatic carboxylic acids is 2. The Hall–Kier alpha value is -6.61. The molecule has 0 aliphatic carbocycles. The van der Waals surface area contributed by atoms with Crippen LogP contribution in [0.5, 0.6) is 0 Å². The highest BCUT2D eigenvalue weighted by molar-refractivity contribution is 6.14. The predicted molar refractivity (Wildman–Crippen MR) is 180 cm³/mol. The Bertz CT molecular complexity index is 2110. The molecule has 0 spiro atoms. The first-order chi connectivity index (χ1) is 23.2. The third-order valence-electron chi connectivity index (χ3n) is 8.15. The fourth-order valence-electron chi connectivity index (χ4n) is 5.72. The van der Waals surface area contributed by atoms with Crippen molar-refractivity contribution in [1.29, 1.82) is 0 Å². The molecule has 0 unspecified atom stereocenters. The van der Waals surface area contributed by atoms with E-state index < -0.39 is 29.5 Å². The Balaban J connectivity index is 1.26. The predicted octanol–water partition coefficient (Wildman–Crippen LogP) is 6.48.